The van der Waals surface area contributed by atoms with Crippen LogP contribution in [0.4, 0.5) is 0 Å². The molecule has 0 unspecified atom stereocenters. The van der Waals surface area contributed by atoms with Crippen molar-refractivity contribution in [3.8, 4) is 0 Å². The number of rotatable bonds is 4. The first-order valence-corrected chi connectivity index (χ1v) is 9.24. The maximum Gasteiger partial charge on any atom is 0.156 e. The molecule has 0 aromatic rings. The normalized spacial score (nSPS) is 29.8. The van der Waals surface area contributed by atoms with Crippen LogP contribution >= 0.6 is 11.8 Å². The minimum atomic E-state index is 0.586. The summed E-state index contributed by atoms with van der Waals surface area (Å²) in [6, 6.07) is 0. The van der Waals surface area contributed by atoms with Gasteiger partial charge in [-0.25, -0.2) is 0 Å². The van der Waals surface area contributed by atoms with Crippen molar-refractivity contribution < 1.29 is 0 Å². The molecule has 3 saturated carbocycles. The topological polar surface area (TPSA) is 24.4 Å². The van der Waals surface area contributed by atoms with E-state index in [-0.39, 0.29) is 0 Å². The number of thioether (sulfide) groups is 1. The molecule has 3 fully saturated rings. The molecule has 3 heteroatoms. The summed E-state index contributed by atoms with van der Waals surface area (Å²) in [6.07, 6.45) is 11.7. The van der Waals surface area contributed by atoms with Crippen molar-refractivity contribution in [2.24, 2.45) is 28.2 Å². The molecular formula is C16H26N2S. The van der Waals surface area contributed by atoms with Gasteiger partial charge in [0, 0.05) is 18.8 Å². The van der Waals surface area contributed by atoms with Gasteiger partial charge in [-0.15, -0.1) is 0 Å². The molecule has 0 amide bonds. The fraction of sp³-hybridized carbons (Fsp3) is 0.938. The molecule has 2 nitrogen and oxygen atoms in total. The van der Waals surface area contributed by atoms with Gasteiger partial charge in [0.1, 0.15) is 0 Å². The molecule has 0 aromatic carbocycles. The fourth-order valence-electron chi connectivity index (χ4n) is 4.06. The van der Waals surface area contributed by atoms with Crippen LogP contribution in [0, 0.1) is 23.2 Å². The number of hydrogen-bond acceptors (Lipinski definition) is 3. The van der Waals surface area contributed by atoms with E-state index in [0.29, 0.717) is 5.41 Å². The van der Waals surface area contributed by atoms with Crippen LogP contribution in [0.25, 0.3) is 0 Å². The van der Waals surface area contributed by atoms with Crippen LogP contribution in [0.2, 0.25) is 0 Å². The summed E-state index contributed by atoms with van der Waals surface area (Å²) in [5.74, 6) is 4.38. The molecule has 0 radical (unpaired) electrons. The highest BCUT2D eigenvalue weighted by atomic mass is 32.2. The second-order valence-corrected chi connectivity index (χ2v) is 8.30. The van der Waals surface area contributed by atoms with Crippen LogP contribution in [-0.4, -0.2) is 24.0 Å². The van der Waals surface area contributed by atoms with Crippen LogP contribution in [0.15, 0.2) is 4.99 Å². The highest BCUT2D eigenvalue weighted by Gasteiger charge is 2.41. The number of hydrogen-bond donors (Lipinski definition) is 1. The summed E-state index contributed by atoms with van der Waals surface area (Å²) in [5.41, 5.74) is 0.586. The molecule has 4 aliphatic rings. The maximum absolute atomic E-state index is 4.86. The Morgan fingerprint density at radius 2 is 1.84 bits per heavy atom. The molecule has 1 N–H and O–H groups in total. The molecule has 4 rings (SSSR count). The average Bonchev–Trinajstić information content (AvgIpc) is 3.34. The van der Waals surface area contributed by atoms with Crippen molar-refractivity contribution in [1.82, 2.24) is 5.32 Å². The van der Waals surface area contributed by atoms with Crippen molar-refractivity contribution in [2.45, 2.75) is 51.4 Å². The summed E-state index contributed by atoms with van der Waals surface area (Å²) in [4.78, 5) is 4.86. The zero-order chi connectivity index (χ0) is 12.7. The predicted octanol–water partition coefficient (Wildman–Crippen LogP) is 3.68. The quantitative estimate of drug-likeness (QED) is 0.848. The van der Waals surface area contributed by atoms with E-state index in [4.69, 9.17) is 4.99 Å². The standard InChI is InChI=1S/C16H26N2S/c1-2-8-16(7-1)10-18-15(19-11-16)17-9-14(12-3-4-12)13-5-6-13/h12-14H,1-11H2,(H,17,18). The third-order valence-corrected chi connectivity index (χ3v) is 6.98. The zero-order valence-corrected chi connectivity index (χ0v) is 12.7. The minimum absolute atomic E-state index is 0.586. The molecule has 0 saturated heterocycles. The second-order valence-electron chi connectivity index (χ2n) is 7.34. The largest absolute Gasteiger partial charge is 0.365 e. The molecule has 1 aliphatic heterocycles. The van der Waals surface area contributed by atoms with E-state index in [0.717, 1.165) is 24.3 Å². The number of aliphatic imine (C=N–C) groups is 1. The van der Waals surface area contributed by atoms with Gasteiger partial charge < -0.3 is 5.32 Å². The summed E-state index contributed by atoms with van der Waals surface area (Å²) in [6.45, 7) is 2.30. The van der Waals surface area contributed by atoms with E-state index in [1.54, 1.807) is 0 Å². The van der Waals surface area contributed by atoms with E-state index in [1.807, 2.05) is 11.8 Å². The lowest BCUT2D eigenvalue weighted by Crippen LogP contribution is -2.36. The Balaban J connectivity index is 1.30. The van der Waals surface area contributed by atoms with E-state index >= 15 is 0 Å². The van der Waals surface area contributed by atoms with Crippen molar-refractivity contribution in [1.29, 1.82) is 0 Å². The third-order valence-electron chi connectivity index (χ3n) is 5.68. The van der Waals surface area contributed by atoms with E-state index in [2.05, 4.69) is 5.32 Å². The molecule has 0 atom stereocenters. The summed E-state index contributed by atoms with van der Waals surface area (Å²) in [7, 11) is 0. The van der Waals surface area contributed by atoms with Crippen molar-refractivity contribution >= 4 is 16.9 Å². The molecule has 1 spiro atoms. The highest BCUT2D eigenvalue weighted by Crippen LogP contribution is 2.49. The molecule has 0 aromatic heterocycles. The molecular weight excluding hydrogens is 252 g/mol. The SMILES string of the molecule is C1CCC2(C1)CN=C(NCC(C1CC1)C1CC1)SC2. The molecule has 0 bridgehead atoms. The lowest BCUT2D eigenvalue weighted by molar-refractivity contribution is 0.357. The zero-order valence-electron chi connectivity index (χ0n) is 11.9. The Morgan fingerprint density at radius 3 is 2.37 bits per heavy atom. The summed E-state index contributed by atoms with van der Waals surface area (Å²) >= 11 is 2.00. The molecule has 106 valence electrons. The first-order chi connectivity index (χ1) is 9.35. The van der Waals surface area contributed by atoms with Gasteiger partial charge >= 0.3 is 0 Å². The Hall–Kier alpha value is -0.180. The Morgan fingerprint density at radius 1 is 1.16 bits per heavy atom. The van der Waals surface area contributed by atoms with Crippen LogP contribution in [-0.2, 0) is 0 Å². The molecule has 19 heavy (non-hydrogen) atoms. The summed E-state index contributed by atoms with van der Waals surface area (Å²) in [5, 5.41) is 4.94. The van der Waals surface area contributed by atoms with Crippen molar-refractivity contribution in [2.75, 3.05) is 18.8 Å². The number of amidine groups is 1. The molecule has 3 aliphatic carbocycles. The second kappa shape index (κ2) is 4.98. The lowest BCUT2D eigenvalue weighted by Gasteiger charge is -2.31. The van der Waals surface area contributed by atoms with E-state index in [9.17, 15) is 0 Å². The van der Waals surface area contributed by atoms with Gasteiger partial charge in [0.25, 0.3) is 0 Å². The van der Waals surface area contributed by atoms with E-state index in [1.165, 1.54) is 68.8 Å². The monoisotopic (exact) mass is 278 g/mol. The van der Waals surface area contributed by atoms with Gasteiger partial charge in [0.2, 0.25) is 0 Å². The van der Waals surface area contributed by atoms with Crippen molar-refractivity contribution in [3.63, 3.8) is 0 Å². The van der Waals surface area contributed by atoms with Crippen LogP contribution in [0.3, 0.4) is 0 Å². The van der Waals surface area contributed by atoms with Gasteiger partial charge in [0.05, 0.1) is 0 Å². The number of nitrogens with zero attached hydrogens (tertiary/aromatic N) is 1. The Labute approximate surface area is 121 Å². The lowest BCUT2D eigenvalue weighted by atomic mass is 9.89. The Bertz CT molecular complexity index is 353. The van der Waals surface area contributed by atoms with Crippen LogP contribution < -0.4 is 5.32 Å². The third kappa shape index (κ3) is 2.81. The van der Waals surface area contributed by atoms with Gasteiger partial charge in [-0.2, -0.15) is 0 Å². The average molecular weight is 278 g/mol. The predicted molar refractivity (Wildman–Crippen MR) is 82.6 cm³/mol. The fourth-order valence-corrected chi connectivity index (χ4v) is 5.22. The molecule has 1 heterocycles. The minimum Gasteiger partial charge on any atom is -0.365 e. The van der Waals surface area contributed by atoms with Crippen molar-refractivity contribution in [3.05, 3.63) is 0 Å². The van der Waals surface area contributed by atoms with Crippen LogP contribution in [0.5, 0.6) is 0 Å². The smallest absolute Gasteiger partial charge is 0.156 e. The van der Waals surface area contributed by atoms with Gasteiger partial charge in [-0.05, 0) is 61.7 Å². The van der Waals surface area contributed by atoms with Gasteiger partial charge in [-0.3, -0.25) is 4.99 Å². The first kappa shape index (κ1) is 12.6. The Kier molecular flexibility index (Phi) is 3.29. The highest BCUT2D eigenvalue weighted by molar-refractivity contribution is 8.13. The maximum atomic E-state index is 4.86. The summed E-state index contributed by atoms with van der Waals surface area (Å²) < 4.78 is 0. The van der Waals surface area contributed by atoms with Gasteiger partial charge in [0.15, 0.2) is 5.17 Å². The first-order valence-electron chi connectivity index (χ1n) is 8.26. The van der Waals surface area contributed by atoms with Gasteiger partial charge in [-0.1, -0.05) is 24.6 Å². The van der Waals surface area contributed by atoms with Crippen LogP contribution in [0.1, 0.15) is 51.4 Å². The van der Waals surface area contributed by atoms with E-state index < -0.39 is 0 Å². The number of nitrogens with one attached hydrogen (secondary N) is 1.